The second-order valence-corrected chi connectivity index (χ2v) is 4.18. The number of aromatic carboxylic acids is 1. The number of hydrogen-bond acceptors (Lipinski definition) is 5. The summed E-state index contributed by atoms with van der Waals surface area (Å²) in [5, 5.41) is 11.7. The molecular weight excluding hydrogens is 266 g/mol. The third-order valence-electron chi connectivity index (χ3n) is 2.67. The summed E-state index contributed by atoms with van der Waals surface area (Å²) in [4.78, 5) is 22.8. The van der Waals surface area contributed by atoms with E-state index in [-0.39, 0.29) is 17.9 Å². The molecule has 1 heterocycles. The van der Waals surface area contributed by atoms with E-state index in [9.17, 15) is 14.7 Å². The Hall–Kier alpha value is -2.28. The summed E-state index contributed by atoms with van der Waals surface area (Å²) in [6, 6.07) is 2.81. The van der Waals surface area contributed by atoms with E-state index in [1.807, 2.05) is 0 Å². The van der Waals surface area contributed by atoms with Crippen molar-refractivity contribution in [3.05, 3.63) is 17.7 Å². The topological polar surface area (TPSA) is 94.1 Å². The summed E-state index contributed by atoms with van der Waals surface area (Å²) >= 11 is 0. The summed E-state index contributed by atoms with van der Waals surface area (Å²) in [5.41, 5.74) is 0.0995. The fourth-order valence-electron chi connectivity index (χ4n) is 1.81. The van der Waals surface area contributed by atoms with Crippen LogP contribution in [0.25, 0.3) is 0 Å². The predicted octanol–water partition coefficient (Wildman–Crippen LogP) is 1.13. The minimum absolute atomic E-state index is 0.0568. The van der Waals surface area contributed by atoms with E-state index >= 15 is 0 Å². The SMILES string of the molecule is COCC(=O)Nc1cc2c(cc1C(=O)O)OCCCO2. The molecular formula is C13H15NO6. The summed E-state index contributed by atoms with van der Waals surface area (Å²) in [7, 11) is 1.38. The summed E-state index contributed by atoms with van der Waals surface area (Å²) in [5.74, 6) is -0.817. The number of anilines is 1. The largest absolute Gasteiger partial charge is 0.490 e. The van der Waals surface area contributed by atoms with Crippen LogP contribution in [0.15, 0.2) is 12.1 Å². The van der Waals surface area contributed by atoms with Crippen molar-refractivity contribution in [2.75, 3.05) is 32.2 Å². The molecule has 1 aromatic carbocycles. The Bertz CT molecular complexity index is 528. The normalized spacial score (nSPS) is 13.4. The van der Waals surface area contributed by atoms with Crippen molar-refractivity contribution >= 4 is 17.6 Å². The number of methoxy groups -OCH3 is 1. The highest BCUT2D eigenvalue weighted by atomic mass is 16.5. The van der Waals surface area contributed by atoms with Crippen LogP contribution in [0.2, 0.25) is 0 Å². The van der Waals surface area contributed by atoms with Gasteiger partial charge < -0.3 is 24.6 Å². The van der Waals surface area contributed by atoms with Gasteiger partial charge in [0.25, 0.3) is 0 Å². The van der Waals surface area contributed by atoms with E-state index in [0.717, 1.165) is 0 Å². The van der Waals surface area contributed by atoms with Gasteiger partial charge in [-0.1, -0.05) is 0 Å². The Morgan fingerprint density at radius 2 is 1.95 bits per heavy atom. The molecule has 0 fully saturated rings. The quantitative estimate of drug-likeness (QED) is 0.859. The molecule has 0 unspecified atom stereocenters. The van der Waals surface area contributed by atoms with Gasteiger partial charge in [0.1, 0.15) is 6.61 Å². The van der Waals surface area contributed by atoms with Crippen LogP contribution in [0.4, 0.5) is 5.69 Å². The molecule has 0 atom stereocenters. The maximum Gasteiger partial charge on any atom is 0.337 e. The zero-order valence-electron chi connectivity index (χ0n) is 11.0. The highest BCUT2D eigenvalue weighted by Crippen LogP contribution is 2.35. The highest BCUT2D eigenvalue weighted by molar-refractivity contribution is 6.01. The van der Waals surface area contributed by atoms with Crippen molar-refractivity contribution in [3.63, 3.8) is 0 Å². The Morgan fingerprint density at radius 1 is 1.30 bits per heavy atom. The van der Waals surface area contributed by atoms with Crippen molar-refractivity contribution in [1.82, 2.24) is 0 Å². The van der Waals surface area contributed by atoms with Gasteiger partial charge in [0.15, 0.2) is 11.5 Å². The lowest BCUT2D eigenvalue weighted by atomic mass is 10.1. The lowest BCUT2D eigenvalue weighted by Gasteiger charge is -2.13. The summed E-state index contributed by atoms with van der Waals surface area (Å²) in [6.45, 7) is 0.778. The molecule has 0 aromatic heterocycles. The standard InChI is InChI=1S/C13H15NO6/c1-18-7-12(15)14-9-6-11-10(5-8(9)13(16)17)19-3-2-4-20-11/h5-6H,2-4,7H2,1H3,(H,14,15)(H,16,17). The van der Waals surface area contributed by atoms with Crippen LogP contribution in [0, 0.1) is 0 Å². The first-order valence-electron chi connectivity index (χ1n) is 6.07. The van der Waals surface area contributed by atoms with Crippen LogP contribution in [-0.2, 0) is 9.53 Å². The number of benzene rings is 1. The van der Waals surface area contributed by atoms with Gasteiger partial charge >= 0.3 is 5.97 Å². The Kier molecular flexibility index (Phi) is 4.41. The molecule has 2 N–H and O–H groups in total. The fraction of sp³-hybridized carbons (Fsp3) is 0.385. The van der Waals surface area contributed by atoms with Crippen LogP contribution < -0.4 is 14.8 Å². The van der Waals surface area contributed by atoms with Gasteiger partial charge in [-0.2, -0.15) is 0 Å². The van der Waals surface area contributed by atoms with Gasteiger partial charge in [-0.3, -0.25) is 4.79 Å². The molecule has 0 radical (unpaired) electrons. The number of amides is 1. The fourth-order valence-corrected chi connectivity index (χ4v) is 1.81. The molecule has 0 aliphatic carbocycles. The van der Waals surface area contributed by atoms with Crippen molar-refractivity contribution in [1.29, 1.82) is 0 Å². The molecule has 20 heavy (non-hydrogen) atoms. The lowest BCUT2D eigenvalue weighted by Crippen LogP contribution is -2.19. The molecule has 2 rings (SSSR count). The molecule has 108 valence electrons. The van der Waals surface area contributed by atoms with E-state index in [2.05, 4.69) is 5.32 Å². The van der Waals surface area contributed by atoms with Gasteiger partial charge in [-0.25, -0.2) is 4.79 Å². The minimum Gasteiger partial charge on any atom is -0.490 e. The number of carboxylic acid groups (broad SMARTS) is 1. The monoisotopic (exact) mass is 281 g/mol. The van der Waals surface area contributed by atoms with E-state index in [1.165, 1.54) is 19.2 Å². The highest BCUT2D eigenvalue weighted by Gasteiger charge is 2.19. The molecule has 7 nitrogen and oxygen atoms in total. The second kappa shape index (κ2) is 6.25. The Labute approximate surface area is 115 Å². The Morgan fingerprint density at radius 3 is 2.55 bits per heavy atom. The van der Waals surface area contributed by atoms with Crippen LogP contribution >= 0.6 is 0 Å². The summed E-state index contributed by atoms with van der Waals surface area (Å²) < 4.78 is 15.6. The van der Waals surface area contributed by atoms with E-state index in [1.54, 1.807) is 0 Å². The van der Waals surface area contributed by atoms with E-state index in [4.69, 9.17) is 14.2 Å². The second-order valence-electron chi connectivity index (χ2n) is 4.18. The van der Waals surface area contributed by atoms with E-state index in [0.29, 0.717) is 31.1 Å². The van der Waals surface area contributed by atoms with Crippen molar-refractivity contribution in [2.24, 2.45) is 0 Å². The van der Waals surface area contributed by atoms with Crippen LogP contribution in [-0.4, -0.2) is 43.9 Å². The van der Waals surface area contributed by atoms with E-state index < -0.39 is 11.9 Å². The van der Waals surface area contributed by atoms with Crippen LogP contribution in [0.5, 0.6) is 11.5 Å². The molecule has 0 spiro atoms. The molecule has 7 heteroatoms. The zero-order chi connectivity index (χ0) is 14.5. The number of ether oxygens (including phenoxy) is 3. The third-order valence-corrected chi connectivity index (χ3v) is 2.67. The first-order chi connectivity index (χ1) is 9.61. The molecule has 0 saturated heterocycles. The first-order valence-corrected chi connectivity index (χ1v) is 6.07. The number of rotatable bonds is 4. The lowest BCUT2D eigenvalue weighted by molar-refractivity contribution is -0.119. The van der Waals surface area contributed by atoms with Crippen LogP contribution in [0.3, 0.4) is 0 Å². The third kappa shape index (κ3) is 3.18. The van der Waals surface area contributed by atoms with Crippen molar-refractivity contribution in [2.45, 2.75) is 6.42 Å². The average molecular weight is 281 g/mol. The summed E-state index contributed by atoms with van der Waals surface area (Å²) in [6.07, 6.45) is 0.711. The number of fused-ring (bicyclic) bond motifs is 1. The Balaban J connectivity index is 2.35. The van der Waals surface area contributed by atoms with Crippen LogP contribution in [0.1, 0.15) is 16.8 Å². The molecule has 0 bridgehead atoms. The molecule has 1 aliphatic heterocycles. The number of carbonyl (C=O) groups is 2. The minimum atomic E-state index is -1.16. The molecule has 1 amide bonds. The molecule has 0 saturated carbocycles. The van der Waals surface area contributed by atoms with Gasteiger partial charge in [0.05, 0.1) is 24.5 Å². The number of hydrogen-bond donors (Lipinski definition) is 2. The van der Waals surface area contributed by atoms with Gasteiger partial charge in [-0.15, -0.1) is 0 Å². The zero-order valence-corrected chi connectivity index (χ0v) is 11.0. The maximum absolute atomic E-state index is 11.5. The van der Waals surface area contributed by atoms with Gasteiger partial charge in [0, 0.05) is 25.7 Å². The van der Waals surface area contributed by atoms with Gasteiger partial charge in [-0.05, 0) is 0 Å². The smallest absolute Gasteiger partial charge is 0.337 e. The van der Waals surface area contributed by atoms with Crippen molar-refractivity contribution < 1.29 is 28.9 Å². The maximum atomic E-state index is 11.5. The van der Waals surface area contributed by atoms with Crippen molar-refractivity contribution in [3.8, 4) is 11.5 Å². The first kappa shape index (κ1) is 14.1. The average Bonchev–Trinajstić information content (AvgIpc) is 2.62. The molecule has 1 aliphatic rings. The molecule has 1 aromatic rings. The van der Waals surface area contributed by atoms with Gasteiger partial charge in [0.2, 0.25) is 5.91 Å². The number of nitrogens with one attached hydrogen (secondary N) is 1. The number of carbonyl (C=O) groups excluding carboxylic acids is 1. The predicted molar refractivity (Wildman–Crippen MR) is 69.5 cm³/mol. The number of carboxylic acids is 1.